The first-order valence-corrected chi connectivity index (χ1v) is 9.88. The highest BCUT2D eigenvalue weighted by Gasteiger charge is 2.42. The standard InChI is InChI=1S/C18H31N7O2/c1-22(2)11-12-24-14-18(8-6-17(24)27)7-4-9-23(13-18)16(26)5-3-10-25-15-19-20-21-25/h15H,3-14H2,1-2H3/t18-/m1/s1. The smallest absolute Gasteiger partial charge is 0.222 e. The van der Waals surface area contributed by atoms with Gasteiger partial charge in [0.1, 0.15) is 6.33 Å². The maximum atomic E-state index is 12.7. The summed E-state index contributed by atoms with van der Waals surface area (Å²) in [4.78, 5) is 31.1. The Morgan fingerprint density at radius 3 is 2.85 bits per heavy atom. The molecular weight excluding hydrogens is 346 g/mol. The summed E-state index contributed by atoms with van der Waals surface area (Å²) in [5.74, 6) is 0.464. The second-order valence-corrected chi connectivity index (χ2v) is 8.21. The molecule has 1 aromatic heterocycles. The van der Waals surface area contributed by atoms with Gasteiger partial charge in [0.05, 0.1) is 0 Å². The van der Waals surface area contributed by atoms with Crippen LogP contribution in [0.3, 0.4) is 0 Å². The summed E-state index contributed by atoms with van der Waals surface area (Å²) in [5, 5.41) is 11.0. The molecule has 0 bridgehead atoms. The lowest BCUT2D eigenvalue weighted by atomic mass is 9.73. The Morgan fingerprint density at radius 1 is 1.26 bits per heavy atom. The Bertz CT molecular complexity index is 634. The molecule has 0 unspecified atom stereocenters. The van der Waals surface area contributed by atoms with Crippen LogP contribution >= 0.6 is 0 Å². The van der Waals surface area contributed by atoms with E-state index in [-0.39, 0.29) is 17.2 Å². The highest BCUT2D eigenvalue weighted by Crippen LogP contribution is 2.39. The predicted octanol–water partition coefficient (Wildman–Crippen LogP) is 0.246. The van der Waals surface area contributed by atoms with Gasteiger partial charge in [-0.2, -0.15) is 0 Å². The molecular formula is C18H31N7O2. The van der Waals surface area contributed by atoms with Crippen molar-refractivity contribution in [2.75, 3.05) is 46.8 Å². The third kappa shape index (κ3) is 5.24. The van der Waals surface area contributed by atoms with Crippen molar-refractivity contribution >= 4 is 11.8 Å². The molecule has 1 atom stereocenters. The topological polar surface area (TPSA) is 87.5 Å². The summed E-state index contributed by atoms with van der Waals surface area (Å²) in [5.41, 5.74) is 0.0734. The minimum absolute atomic E-state index is 0.0734. The van der Waals surface area contributed by atoms with E-state index in [0.29, 0.717) is 19.4 Å². The van der Waals surface area contributed by atoms with Gasteiger partial charge in [-0.25, -0.2) is 4.68 Å². The van der Waals surface area contributed by atoms with Gasteiger partial charge in [-0.3, -0.25) is 9.59 Å². The van der Waals surface area contributed by atoms with E-state index < -0.39 is 0 Å². The molecule has 0 aliphatic carbocycles. The SMILES string of the molecule is CN(C)CCN1C[C@]2(CCCN(C(=O)CCCn3cnnn3)C2)CCC1=O. The zero-order valence-electron chi connectivity index (χ0n) is 16.5. The normalized spacial score (nSPS) is 23.4. The molecule has 1 aromatic rings. The lowest BCUT2D eigenvalue weighted by Crippen LogP contribution is -2.55. The number of tetrazole rings is 1. The first kappa shape index (κ1) is 19.7. The molecule has 27 heavy (non-hydrogen) atoms. The number of carbonyl (C=O) groups excluding carboxylic acids is 2. The van der Waals surface area contributed by atoms with Crippen LogP contribution in [0.1, 0.15) is 38.5 Å². The first-order valence-electron chi connectivity index (χ1n) is 9.88. The molecule has 1 spiro atoms. The van der Waals surface area contributed by atoms with Gasteiger partial charge in [0, 0.05) is 57.5 Å². The van der Waals surface area contributed by atoms with Gasteiger partial charge < -0.3 is 14.7 Å². The Hall–Kier alpha value is -2.03. The number of likely N-dealkylation sites (N-methyl/N-ethyl adjacent to an activating group) is 1. The average molecular weight is 377 g/mol. The zero-order valence-corrected chi connectivity index (χ0v) is 16.5. The van der Waals surface area contributed by atoms with Gasteiger partial charge in [-0.05, 0) is 50.2 Å². The predicted molar refractivity (Wildman–Crippen MR) is 99.7 cm³/mol. The Balaban J connectivity index is 1.52. The van der Waals surface area contributed by atoms with E-state index in [1.165, 1.54) is 0 Å². The molecule has 9 nitrogen and oxygen atoms in total. The fourth-order valence-electron chi connectivity index (χ4n) is 4.21. The molecule has 3 rings (SSSR count). The van der Waals surface area contributed by atoms with Gasteiger partial charge >= 0.3 is 0 Å². The molecule has 2 fully saturated rings. The van der Waals surface area contributed by atoms with Crippen molar-refractivity contribution in [1.82, 2.24) is 34.9 Å². The third-order valence-electron chi connectivity index (χ3n) is 5.75. The van der Waals surface area contributed by atoms with E-state index in [9.17, 15) is 9.59 Å². The quantitative estimate of drug-likeness (QED) is 0.677. The minimum Gasteiger partial charge on any atom is -0.342 e. The van der Waals surface area contributed by atoms with Crippen molar-refractivity contribution in [3.8, 4) is 0 Å². The number of likely N-dealkylation sites (tertiary alicyclic amines) is 2. The number of amides is 2. The summed E-state index contributed by atoms with van der Waals surface area (Å²) in [6.07, 6.45) is 6.46. The largest absolute Gasteiger partial charge is 0.342 e. The maximum Gasteiger partial charge on any atom is 0.222 e. The minimum atomic E-state index is 0.0734. The van der Waals surface area contributed by atoms with Crippen molar-refractivity contribution in [3.63, 3.8) is 0 Å². The lowest BCUT2D eigenvalue weighted by Gasteiger charge is -2.48. The number of rotatable bonds is 7. The van der Waals surface area contributed by atoms with Crippen LogP contribution in [0.4, 0.5) is 0 Å². The third-order valence-corrected chi connectivity index (χ3v) is 5.75. The number of carbonyl (C=O) groups is 2. The van der Waals surface area contributed by atoms with Crippen LogP contribution in [-0.2, 0) is 16.1 Å². The molecule has 0 saturated carbocycles. The molecule has 0 radical (unpaired) electrons. The highest BCUT2D eigenvalue weighted by molar-refractivity contribution is 5.78. The number of piperidine rings is 2. The lowest BCUT2D eigenvalue weighted by molar-refractivity contribution is -0.143. The van der Waals surface area contributed by atoms with Crippen LogP contribution in [0.5, 0.6) is 0 Å². The molecule has 3 heterocycles. The van der Waals surface area contributed by atoms with Gasteiger partial charge in [0.25, 0.3) is 0 Å². The van der Waals surface area contributed by atoms with Gasteiger partial charge in [0.2, 0.25) is 11.8 Å². The van der Waals surface area contributed by atoms with Crippen LogP contribution in [0.25, 0.3) is 0 Å². The Kier molecular flexibility index (Phi) is 6.41. The molecule has 2 saturated heterocycles. The Morgan fingerprint density at radius 2 is 2.11 bits per heavy atom. The summed E-state index contributed by atoms with van der Waals surface area (Å²) in [6, 6.07) is 0. The first-order chi connectivity index (χ1) is 13.0. The second kappa shape index (κ2) is 8.77. The summed E-state index contributed by atoms with van der Waals surface area (Å²) in [6.45, 7) is 4.70. The van der Waals surface area contributed by atoms with Crippen LogP contribution in [-0.4, -0.2) is 93.5 Å². The van der Waals surface area contributed by atoms with E-state index in [1.807, 2.05) is 23.9 Å². The van der Waals surface area contributed by atoms with Gasteiger partial charge in [-0.15, -0.1) is 5.10 Å². The molecule has 9 heteroatoms. The van der Waals surface area contributed by atoms with Crippen LogP contribution in [0, 0.1) is 5.41 Å². The van der Waals surface area contributed by atoms with Crippen LogP contribution in [0.2, 0.25) is 0 Å². The van der Waals surface area contributed by atoms with Crippen molar-refractivity contribution < 1.29 is 9.59 Å². The molecule has 150 valence electrons. The van der Waals surface area contributed by atoms with E-state index in [2.05, 4.69) is 20.4 Å². The van der Waals surface area contributed by atoms with Crippen molar-refractivity contribution in [3.05, 3.63) is 6.33 Å². The summed E-state index contributed by atoms with van der Waals surface area (Å²) >= 11 is 0. The molecule has 2 aliphatic rings. The van der Waals surface area contributed by atoms with Gasteiger partial charge in [-0.1, -0.05) is 0 Å². The monoisotopic (exact) mass is 377 g/mol. The van der Waals surface area contributed by atoms with E-state index in [0.717, 1.165) is 58.4 Å². The van der Waals surface area contributed by atoms with Crippen LogP contribution < -0.4 is 0 Å². The van der Waals surface area contributed by atoms with Gasteiger partial charge in [0.15, 0.2) is 0 Å². The number of aryl methyl sites for hydroxylation is 1. The second-order valence-electron chi connectivity index (χ2n) is 8.21. The van der Waals surface area contributed by atoms with E-state index in [4.69, 9.17) is 0 Å². The molecule has 2 amide bonds. The van der Waals surface area contributed by atoms with E-state index in [1.54, 1.807) is 11.0 Å². The van der Waals surface area contributed by atoms with Crippen molar-refractivity contribution in [1.29, 1.82) is 0 Å². The maximum absolute atomic E-state index is 12.7. The van der Waals surface area contributed by atoms with E-state index >= 15 is 0 Å². The summed E-state index contributed by atoms with van der Waals surface area (Å²) in [7, 11) is 4.06. The van der Waals surface area contributed by atoms with Crippen molar-refractivity contribution in [2.24, 2.45) is 5.41 Å². The number of aromatic nitrogens is 4. The fraction of sp³-hybridized carbons (Fsp3) is 0.833. The summed E-state index contributed by atoms with van der Waals surface area (Å²) < 4.78 is 1.65. The zero-order chi connectivity index (χ0) is 19.3. The number of hydrogen-bond donors (Lipinski definition) is 0. The fourth-order valence-corrected chi connectivity index (χ4v) is 4.21. The molecule has 0 aromatic carbocycles. The average Bonchev–Trinajstić information content (AvgIpc) is 3.16. The van der Waals surface area contributed by atoms with Crippen LogP contribution in [0.15, 0.2) is 6.33 Å². The highest BCUT2D eigenvalue weighted by atomic mass is 16.2. The Labute approximate surface area is 160 Å². The number of nitrogens with zero attached hydrogens (tertiary/aromatic N) is 7. The van der Waals surface area contributed by atoms with Crippen molar-refractivity contribution in [2.45, 2.75) is 45.1 Å². The number of hydrogen-bond acceptors (Lipinski definition) is 6. The molecule has 0 N–H and O–H groups in total. The molecule has 2 aliphatic heterocycles.